The number of nitrogens with one attached hydrogen (secondary N) is 2. The summed E-state index contributed by atoms with van der Waals surface area (Å²) in [7, 11) is -3.83. The molecule has 1 aromatic heterocycles. The number of aryl methyl sites for hydroxylation is 1. The third-order valence-corrected chi connectivity index (χ3v) is 4.28. The number of H-pyrrole nitrogens is 1. The zero-order valence-corrected chi connectivity index (χ0v) is 12.5. The lowest BCUT2D eigenvalue weighted by Crippen LogP contribution is -2.13. The molecule has 0 aliphatic heterocycles. The lowest BCUT2D eigenvalue weighted by molar-refractivity contribution is 0.0697. The van der Waals surface area contributed by atoms with Gasteiger partial charge in [0.25, 0.3) is 10.0 Å². The molecule has 7 nitrogen and oxygen atoms in total. The quantitative estimate of drug-likeness (QED) is 0.777. The Labute approximate surface area is 126 Å². The van der Waals surface area contributed by atoms with Gasteiger partial charge in [-0.3, -0.25) is 4.72 Å². The van der Waals surface area contributed by atoms with Crippen LogP contribution in [0.15, 0.2) is 29.4 Å². The lowest BCUT2D eigenvalue weighted by Gasteiger charge is -2.07. The predicted octanol–water partition coefficient (Wildman–Crippen LogP) is 2.12. The van der Waals surface area contributed by atoms with Crippen LogP contribution in [0.3, 0.4) is 0 Å². The fourth-order valence-corrected chi connectivity index (χ4v) is 2.87. The van der Waals surface area contributed by atoms with Crippen molar-refractivity contribution in [2.24, 2.45) is 0 Å². The van der Waals surface area contributed by atoms with Gasteiger partial charge in [0.1, 0.15) is 5.82 Å². The van der Waals surface area contributed by atoms with Crippen molar-refractivity contribution in [3.05, 3.63) is 40.8 Å². The number of sulfonamides is 1. The van der Waals surface area contributed by atoms with Crippen LogP contribution in [-0.2, 0) is 16.4 Å². The van der Waals surface area contributed by atoms with Gasteiger partial charge in [-0.25, -0.2) is 9.78 Å². The minimum Gasteiger partial charge on any atom is -0.478 e. The molecule has 0 radical (unpaired) electrons. The molecule has 0 saturated carbocycles. The summed E-state index contributed by atoms with van der Waals surface area (Å²) in [6.07, 6.45) is 1.79. The van der Waals surface area contributed by atoms with Gasteiger partial charge in [-0.2, -0.15) is 8.42 Å². The van der Waals surface area contributed by atoms with Gasteiger partial charge in [0.2, 0.25) is 0 Å². The largest absolute Gasteiger partial charge is 0.478 e. The lowest BCUT2D eigenvalue weighted by atomic mass is 10.2. The normalized spacial score (nSPS) is 11.3. The van der Waals surface area contributed by atoms with E-state index in [1.165, 1.54) is 24.4 Å². The molecule has 0 aliphatic carbocycles. The molecule has 0 spiro atoms. The second-order valence-electron chi connectivity index (χ2n) is 4.15. The van der Waals surface area contributed by atoms with Gasteiger partial charge < -0.3 is 10.1 Å². The fourth-order valence-electron chi connectivity index (χ4n) is 1.62. The van der Waals surface area contributed by atoms with Crippen LogP contribution in [-0.4, -0.2) is 29.5 Å². The van der Waals surface area contributed by atoms with E-state index in [0.29, 0.717) is 12.2 Å². The van der Waals surface area contributed by atoms with E-state index in [0.717, 1.165) is 0 Å². The predicted molar refractivity (Wildman–Crippen MR) is 77.2 cm³/mol. The number of aromatic nitrogens is 2. The third kappa shape index (κ3) is 3.34. The van der Waals surface area contributed by atoms with E-state index in [1.807, 2.05) is 6.92 Å². The maximum atomic E-state index is 12.1. The SMILES string of the molecule is CCc1ncc(S(=O)(=O)Nc2ccc(C(=O)O)c(Cl)c2)[nH]1. The molecule has 1 heterocycles. The van der Waals surface area contributed by atoms with E-state index in [1.54, 1.807) is 0 Å². The summed E-state index contributed by atoms with van der Waals surface area (Å²) < 4.78 is 26.5. The molecule has 0 unspecified atom stereocenters. The van der Waals surface area contributed by atoms with Gasteiger partial charge >= 0.3 is 5.97 Å². The second-order valence-corrected chi connectivity index (χ2v) is 6.21. The summed E-state index contributed by atoms with van der Waals surface area (Å²) in [6.45, 7) is 1.84. The number of aromatic carboxylic acids is 1. The van der Waals surface area contributed by atoms with Crippen LogP contribution in [0.25, 0.3) is 0 Å². The minimum absolute atomic E-state index is 0.0541. The summed E-state index contributed by atoms with van der Waals surface area (Å²) in [6, 6.07) is 3.79. The topological polar surface area (TPSA) is 112 Å². The zero-order valence-electron chi connectivity index (χ0n) is 10.9. The molecule has 21 heavy (non-hydrogen) atoms. The van der Waals surface area contributed by atoms with Crippen LogP contribution in [0.1, 0.15) is 23.1 Å². The number of hydrogen-bond donors (Lipinski definition) is 3. The minimum atomic E-state index is -3.83. The van der Waals surface area contributed by atoms with Crippen LogP contribution in [0.2, 0.25) is 5.02 Å². The van der Waals surface area contributed by atoms with Crippen LogP contribution >= 0.6 is 11.6 Å². The number of rotatable bonds is 5. The Morgan fingerprint density at radius 1 is 1.48 bits per heavy atom. The van der Waals surface area contributed by atoms with Crippen molar-refractivity contribution in [1.29, 1.82) is 0 Å². The van der Waals surface area contributed by atoms with Gasteiger partial charge in [-0.15, -0.1) is 0 Å². The number of benzene rings is 1. The van der Waals surface area contributed by atoms with E-state index in [-0.39, 0.29) is 21.3 Å². The number of hydrogen-bond acceptors (Lipinski definition) is 4. The average Bonchev–Trinajstić information content (AvgIpc) is 2.87. The summed E-state index contributed by atoms with van der Waals surface area (Å²) in [5, 5.41) is 8.74. The summed E-state index contributed by atoms with van der Waals surface area (Å²) in [4.78, 5) is 17.4. The van der Waals surface area contributed by atoms with E-state index < -0.39 is 16.0 Å². The Kier molecular flexibility index (Phi) is 4.19. The molecule has 112 valence electrons. The van der Waals surface area contributed by atoms with Gasteiger partial charge in [-0.1, -0.05) is 18.5 Å². The van der Waals surface area contributed by atoms with E-state index >= 15 is 0 Å². The summed E-state index contributed by atoms with van der Waals surface area (Å²) >= 11 is 5.79. The number of carbonyl (C=O) groups is 1. The fraction of sp³-hybridized carbons (Fsp3) is 0.167. The van der Waals surface area contributed by atoms with Crippen molar-refractivity contribution in [3.8, 4) is 0 Å². The molecule has 0 bridgehead atoms. The summed E-state index contributed by atoms with van der Waals surface area (Å²) in [5.74, 6) is -0.634. The van der Waals surface area contributed by atoms with Crippen molar-refractivity contribution in [1.82, 2.24) is 9.97 Å². The molecule has 0 saturated heterocycles. The average molecular weight is 330 g/mol. The molecule has 3 N–H and O–H groups in total. The number of halogens is 1. The van der Waals surface area contributed by atoms with Gasteiger partial charge in [0.05, 0.1) is 22.5 Å². The maximum Gasteiger partial charge on any atom is 0.337 e. The van der Waals surface area contributed by atoms with E-state index in [9.17, 15) is 13.2 Å². The van der Waals surface area contributed by atoms with Crippen LogP contribution < -0.4 is 4.72 Å². The van der Waals surface area contributed by atoms with E-state index in [2.05, 4.69) is 14.7 Å². The van der Waals surface area contributed by atoms with Crippen LogP contribution in [0.4, 0.5) is 5.69 Å². The molecule has 0 aliphatic rings. The van der Waals surface area contributed by atoms with E-state index in [4.69, 9.17) is 16.7 Å². The molecule has 2 rings (SSSR count). The van der Waals surface area contributed by atoms with Crippen molar-refractivity contribution in [2.75, 3.05) is 4.72 Å². The number of anilines is 1. The van der Waals surface area contributed by atoms with Crippen molar-refractivity contribution in [2.45, 2.75) is 18.4 Å². The number of aromatic amines is 1. The number of nitrogens with zero attached hydrogens (tertiary/aromatic N) is 1. The first-order chi connectivity index (χ1) is 9.83. The Morgan fingerprint density at radius 2 is 2.19 bits per heavy atom. The van der Waals surface area contributed by atoms with Gasteiger partial charge in [0.15, 0.2) is 5.03 Å². The molecule has 0 amide bonds. The monoisotopic (exact) mass is 329 g/mol. The van der Waals surface area contributed by atoms with Crippen molar-refractivity contribution < 1.29 is 18.3 Å². The first-order valence-electron chi connectivity index (χ1n) is 5.93. The number of imidazole rings is 1. The molecule has 9 heteroatoms. The molecular weight excluding hydrogens is 318 g/mol. The molecular formula is C12H12ClN3O4S. The van der Waals surface area contributed by atoms with Gasteiger partial charge in [0, 0.05) is 6.42 Å². The molecule has 2 aromatic rings. The molecule has 0 fully saturated rings. The standard InChI is InChI=1S/C12H12ClN3O4S/c1-2-10-14-6-11(15-10)21(19,20)16-7-3-4-8(12(17)18)9(13)5-7/h3-6,16H,2H2,1H3,(H,14,15)(H,17,18). The number of carboxylic acid groups (broad SMARTS) is 1. The maximum absolute atomic E-state index is 12.1. The number of carboxylic acids is 1. The highest BCUT2D eigenvalue weighted by Gasteiger charge is 2.18. The highest BCUT2D eigenvalue weighted by atomic mass is 35.5. The van der Waals surface area contributed by atoms with Crippen LogP contribution in [0.5, 0.6) is 0 Å². The Balaban J connectivity index is 2.28. The first-order valence-corrected chi connectivity index (χ1v) is 7.79. The molecule has 0 atom stereocenters. The highest BCUT2D eigenvalue weighted by molar-refractivity contribution is 7.92. The Bertz CT molecular complexity index is 786. The van der Waals surface area contributed by atoms with Crippen molar-refractivity contribution in [3.63, 3.8) is 0 Å². The smallest absolute Gasteiger partial charge is 0.337 e. The molecule has 1 aromatic carbocycles. The van der Waals surface area contributed by atoms with Gasteiger partial charge in [-0.05, 0) is 18.2 Å². The second kappa shape index (κ2) is 5.74. The highest BCUT2D eigenvalue weighted by Crippen LogP contribution is 2.23. The third-order valence-electron chi connectivity index (χ3n) is 2.68. The van der Waals surface area contributed by atoms with Crippen molar-refractivity contribution >= 4 is 33.3 Å². The van der Waals surface area contributed by atoms with Crippen LogP contribution in [0, 0.1) is 0 Å². The zero-order chi connectivity index (χ0) is 15.6. The Hall–Kier alpha value is -2.06. The summed E-state index contributed by atoms with van der Waals surface area (Å²) in [5.41, 5.74) is 0.0621. The first kappa shape index (κ1) is 15.3. The Morgan fingerprint density at radius 3 is 2.71 bits per heavy atom.